The topological polar surface area (TPSA) is 60.2 Å². The van der Waals surface area contributed by atoms with Gasteiger partial charge in [-0.2, -0.15) is 0 Å². The lowest BCUT2D eigenvalue weighted by molar-refractivity contribution is 0.119. The molecule has 3 aromatic rings. The summed E-state index contributed by atoms with van der Waals surface area (Å²) in [5.74, 6) is 0.830. The number of thiazole rings is 1. The first kappa shape index (κ1) is 14.6. The van der Waals surface area contributed by atoms with Gasteiger partial charge in [0, 0.05) is 24.2 Å². The molecule has 3 heterocycles. The van der Waals surface area contributed by atoms with Crippen molar-refractivity contribution in [2.24, 2.45) is 0 Å². The summed E-state index contributed by atoms with van der Waals surface area (Å²) in [4.78, 5) is 10.0. The normalized spacial score (nSPS) is 21.0. The maximum atomic E-state index is 10.1. The Morgan fingerprint density at radius 2 is 2.13 bits per heavy atom. The fourth-order valence-electron chi connectivity index (χ4n) is 2.88. The first-order valence-corrected chi connectivity index (χ1v) is 8.36. The summed E-state index contributed by atoms with van der Waals surface area (Å²) in [6.45, 7) is 2.97. The van der Waals surface area contributed by atoms with Crippen molar-refractivity contribution in [3.63, 3.8) is 0 Å². The number of hydrogen-bond acceptors (Lipinski definition) is 5. The van der Waals surface area contributed by atoms with E-state index in [0.717, 1.165) is 21.3 Å². The molecule has 0 radical (unpaired) electrons. The molecule has 1 aliphatic heterocycles. The van der Waals surface area contributed by atoms with Crippen LogP contribution in [-0.4, -0.2) is 39.0 Å². The van der Waals surface area contributed by atoms with Crippen molar-refractivity contribution in [3.8, 4) is 21.3 Å². The quantitative estimate of drug-likeness (QED) is 0.803. The van der Waals surface area contributed by atoms with Crippen LogP contribution in [0.25, 0.3) is 21.3 Å². The Hall–Kier alpha value is -2.02. The van der Waals surface area contributed by atoms with Gasteiger partial charge in [0.2, 0.25) is 0 Å². The van der Waals surface area contributed by atoms with Crippen LogP contribution in [0.1, 0.15) is 11.6 Å². The average Bonchev–Trinajstić information content (AvgIpc) is 3.26. The Kier molecular flexibility index (Phi) is 3.72. The molecule has 2 aromatic heterocycles. The minimum Gasteiger partial charge on any atom is -0.388 e. The monoisotopic (exact) mass is 327 g/mol. The number of hydrogen-bond donors (Lipinski definition) is 1. The third-order valence-corrected chi connectivity index (χ3v) is 5.18. The van der Waals surface area contributed by atoms with Gasteiger partial charge in [-0.05, 0) is 12.5 Å². The third-order valence-electron chi connectivity index (χ3n) is 4.15. The number of ether oxygens (including phenoxy) is 1. The lowest BCUT2D eigenvalue weighted by Crippen LogP contribution is -2.22. The highest BCUT2D eigenvalue weighted by Crippen LogP contribution is 2.34. The Bertz CT molecular complexity index is 827. The summed E-state index contributed by atoms with van der Waals surface area (Å²) in [6, 6.07) is 8.14. The van der Waals surface area contributed by atoms with Crippen molar-refractivity contribution in [2.45, 2.75) is 19.1 Å². The first-order valence-electron chi connectivity index (χ1n) is 7.55. The highest BCUT2D eigenvalue weighted by Gasteiger charge is 2.29. The summed E-state index contributed by atoms with van der Waals surface area (Å²) in [5.41, 5.74) is 2.35. The van der Waals surface area contributed by atoms with Gasteiger partial charge in [0.25, 0.3) is 0 Å². The SMILES string of the molecule is Cc1ccccc1-c1ncc(-c2nccn2[C@H]2COC[C@H]2O)s1. The second-order valence-electron chi connectivity index (χ2n) is 5.67. The zero-order valence-electron chi connectivity index (χ0n) is 12.7. The molecule has 4 rings (SSSR count). The van der Waals surface area contributed by atoms with Gasteiger partial charge in [-0.25, -0.2) is 9.97 Å². The van der Waals surface area contributed by atoms with Crippen LogP contribution in [0.3, 0.4) is 0 Å². The van der Waals surface area contributed by atoms with Gasteiger partial charge < -0.3 is 14.4 Å². The lowest BCUT2D eigenvalue weighted by Gasteiger charge is -2.16. The number of rotatable bonds is 3. The first-order chi connectivity index (χ1) is 11.2. The molecule has 2 atom stereocenters. The van der Waals surface area contributed by atoms with Crippen molar-refractivity contribution >= 4 is 11.3 Å². The van der Waals surface area contributed by atoms with E-state index in [-0.39, 0.29) is 6.04 Å². The zero-order valence-corrected chi connectivity index (χ0v) is 13.5. The minimum atomic E-state index is -0.494. The molecule has 0 unspecified atom stereocenters. The van der Waals surface area contributed by atoms with E-state index in [2.05, 4.69) is 29.0 Å². The van der Waals surface area contributed by atoms with Crippen LogP contribution < -0.4 is 0 Å². The predicted molar refractivity (Wildman–Crippen MR) is 89.4 cm³/mol. The maximum Gasteiger partial charge on any atom is 0.152 e. The van der Waals surface area contributed by atoms with Crippen LogP contribution in [0.2, 0.25) is 0 Å². The van der Waals surface area contributed by atoms with E-state index in [9.17, 15) is 5.11 Å². The number of imidazole rings is 1. The summed E-state index contributed by atoms with van der Waals surface area (Å²) in [7, 11) is 0. The smallest absolute Gasteiger partial charge is 0.152 e. The second-order valence-corrected chi connectivity index (χ2v) is 6.71. The van der Waals surface area contributed by atoms with Gasteiger partial charge in [-0.3, -0.25) is 0 Å². The number of aliphatic hydroxyl groups is 1. The highest BCUT2D eigenvalue weighted by molar-refractivity contribution is 7.18. The van der Waals surface area contributed by atoms with Crippen LogP contribution in [0, 0.1) is 6.92 Å². The lowest BCUT2D eigenvalue weighted by atomic mass is 10.1. The largest absolute Gasteiger partial charge is 0.388 e. The molecule has 1 N–H and O–H groups in total. The van der Waals surface area contributed by atoms with Crippen LogP contribution in [0.15, 0.2) is 42.9 Å². The van der Waals surface area contributed by atoms with E-state index in [0.29, 0.717) is 13.2 Å². The molecular formula is C17H17N3O2S. The average molecular weight is 327 g/mol. The molecule has 5 nitrogen and oxygen atoms in total. The fourth-order valence-corrected chi connectivity index (χ4v) is 3.89. The number of aryl methyl sites for hydroxylation is 1. The summed E-state index contributed by atoms with van der Waals surface area (Å²) in [5, 5.41) is 11.0. The molecule has 0 aliphatic carbocycles. The molecule has 1 aromatic carbocycles. The van der Waals surface area contributed by atoms with Gasteiger partial charge in [-0.1, -0.05) is 24.3 Å². The predicted octanol–water partition coefficient (Wildman–Crippen LogP) is 2.91. The van der Waals surface area contributed by atoms with Gasteiger partial charge in [0.1, 0.15) is 11.1 Å². The van der Waals surface area contributed by atoms with E-state index < -0.39 is 6.10 Å². The Morgan fingerprint density at radius 3 is 2.91 bits per heavy atom. The Labute approximate surface area is 138 Å². The zero-order chi connectivity index (χ0) is 15.8. The molecule has 0 spiro atoms. The van der Waals surface area contributed by atoms with Crippen molar-refractivity contribution in [1.29, 1.82) is 0 Å². The summed E-state index contributed by atoms with van der Waals surface area (Å²) in [6.07, 6.45) is 5.01. The van der Waals surface area contributed by atoms with Crippen molar-refractivity contribution in [2.75, 3.05) is 13.2 Å². The van der Waals surface area contributed by atoms with E-state index in [4.69, 9.17) is 4.74 Å². The molecule has 23 heavy (non-hydrogen) atoms. The van der Waals surface area contributed by atoms with Crippen LogP contribution >= 0.6 is 11.3 Å². The third kappa shape index (κ3) is 2.59. The Morgan fingerprint density at radius 1 is 1.26 bits per heavy atom. The van der Waals surface area contributed by atoms with Gasteiger partial charge in [0.15, 0.2) is 5.82 Å². The van der Waals surface area contributed by atoms with E-state index in [1.165, 1.54) is 5.56 Å². The molecule has 0 amide bonds. The van der Waals surface area contributed by atoms with Gasteiger partial charge in [-0.15, -0.1) is 11.3 Å². The Balaban J connectivity index is 1.71. The molecule has 1 saturated heterocycles. The van der Waals surface area contributed by atoms with E-state index in [1.54, 1.807) is 17.5 Å². The standard InChI is InChI=1S/C17H17N3O2S/c1-11-4-2-3-5-12(11)17-19-8-15(23-17)16-18-6-7-20(16)13-9-22-10-14(13)21/h2-8,13-14,21H,9-10H2,1H3/t13-,14+/m0/s1. The van der Waals surface area contributed by atoms with E-state index in [1.807, 2.05) is 29.1 Å². The molecular weight excluding hydrogens is 310 g/mol. The van der Waals surface area contributed by atoms with Crippen LogP contribution in [0.4, 0.5) is 0 Å². The number of aliphatic hydroxyl groups excluding tert-OH is 1. The molecule has 6 heteroatoms. The van der Waals surface area contributed by atoms with Crippen molar-refractivity contribution < 1.29 is 9.84 Å². The highest BCUT2D eigenvalue weighted by atomic mass is 32.1. The van der Waals surface area contributed by atoms with Crippen molar-refractivity contribution in [1.82, 2.24) is 14.5 Å². The molecule has 118 valence electrons. The summed E-state index contributed by atoms with van der Waals surface area (Å²) < 4.78 is 7.36. The molecule has 0 saturated carbocycles. The minimum absolute atomic E-state index is 0.0866. The maximum absolute atomic E-state index is 10.1. The van der Waals surface area contributed by atoms with Gasteiger partial charge in [0.05, 0.1) is 24.1 Å². The van der Waals surface area contributed by atoms with Gasteiger partial charge >= 0.3 is 0 Å². The number of benzene rings is 1. The van der Waals surface area contributed by atoms with Crippen molar-refractivity contribution in [3.05, 3.63) is 48.4 Å². The molecule has 1 aliphatic rings. The second kappa shape index (κ2) is 5.88. The molecule has 1 fully saturated rings. The fraction of sp³-hybridized carbons (Fsp3) is 0.294. The molecule has 0 bridgehead atoms. The summed E-state index contributed by atoms with van der Waals surface area (Å²) >= 11 is 1.62. The van der Waals surface area contributed by atoms with Crippen LogP contribution in [-0.2, 0) is 4.74 Å². The number of aromatic nitrogens is 3. The van der Waals surface area contributed by atoms with Crippen LogP contribution in [0.5, 0.6) is 0 Å². The van der Waals surface area contributed by atoms with E-state index >= 15 is 0 Å². The number of nitrogens with zero attached hydrogens (tertiary/aromatic N) is 3.